The summed E-state index contributed by atoms with van der Waals surface area (Å²) >= 11 is 0. The Morgan fingerprint density at radius 3 is 2.30 bits per heavy atom. The Kier molecular flexibility index (Phi) is 3.87. The molecule has 2 rings (SSSR count). The number of rotatable bonds is 1. The Hall–Kier alpha value is -1.06. The van der Waals surface area contributed by atoms with Gasteiger partial charge in [-0.05, 0) is 63.2 Å². The van der Waals surface area contributed by atoms with E-state index in [0.29, 0.717) is 18.3 Å². The second-order valence-electron chi connectivity index (χ2n) is 7.66. The highest BCUT2D eigenvalue weighted by atomic mass is 16.3. The molecule has 3 nitrogen and oxygen atoms in total. The van der Waals surface area contributed by atoms with Gasteiger partial charge in [0.1, 0.15) is 0 Å². The molecule has 1 N–H and O–H groups in total. The highest BCUT2D eigenvalue weighted by Crippen LogP contribution is 2.58. The van der Waals surface area contributed by atoms with Crippen molar-refractivity contribution < 1.29 is 5.11 Å². The molecule has 0 aromatic carbocycles. The number of hydrogen-bond acceptors (Lipinski definition) is 3. The fourth-order valence-corrected chi connectivity index (χ4v) is 4.72. The summed E-state index contributed by atoms with van der Waals surface area (Å²) in [5.41, 5.74) is -1.24. The van der Waals surface area contributed by atoms with Gasteiger partial charge in [0, 0.05) is 0 Å². The summed E-state index contributed by atoms with van der Waals surface area (Å²) in [4.78, 5) is 0. The molecule has 0 spiro atoms. The number of hydrogen-bond donors (Lipinski definition) is 1. The van der Waals surface area contributed by atoms with E-state index in [9.17, 15) is 15.6 Å². The lowest BCUT2D eigenvalue weighted by Crippen LogP contribution is -2.55. The first-order valence-corrected chi connectivity index (χ1v) is 7.80. The van der Waals surface area contributed by atoms with Crippen molar-refractivity contribution in [2.75, 3.05) is 0 Å². The summed E-state index contributed by atoms with van der Waals surface area (Å²) in [6.07, 6.45) is 3.42. The summed E-state index contributed by atoms with van der Waals surface area (Å²) in [7, 11) is 0. The van der Waals surface area contributed by atoms with Gasteiger partial charge < -0.3 is 5.11 Å². The SMILES string of the molecule is CC(C)[C@H]1CC[C@](C)(C#N)[C@H]2CC[C@@](C)(O)[C@H](C#N)[C@H]12. The largest absolute Gasteiger partial charge is 0.389 e. The van der Waals surface area contributed by atoms with Crippen LogP contribution in [0.15, 0.2) is 0 Å². The van der Waals surface area contributed by atoms with Gasteiger partial charge >= 0.3 is 0 Å². The highest BCUT2D eigenvalue weighted by molar-refractivity contribution is 5.15. The van der Waals surface area contributed by atoms with Crippen molar-refractivity contribution in [2.45, 2.75) is 59.0 Å². The Bertz CT molecular complexity index is 457. The number of nitriles is 2. The van der Waals surface area contributed by atoms with Crippen molar-refractivity contribution >= 4 is 0 Å². The first-order chi connectivity index (χ1) is 9.27. The summed E-state index contributed by atoms with van der Waals surface area (Å²) < 4.78 is 0. The molecule has 0 radical (unpaired) electrons. The van der Waals surface area contributed by atoms with Gasteiger partial charge in [-0.3, -0.25) is 0 Å². The van der Waals surface area contributed by atoms with E-state index in [4.69, 9.17) is 0 Å². The molecule has 2 saturated carbocycles. The van der Waals surface area contributed by atoms with Crippen molar-refractivity contribution in [3.8, 4) is 12.1 Å². The Morgan fingerprint density at radius 2 is 1.80 bits per heavy atom. The minimum Gasteiger partial charge on any atom is -0.389 e. The molecular weight excluding hydrogens is 248 g/mol. The minimum atomic E-state index is -0.906. The third kappa shape index (κ3) is 2.23. The maximum absolute atomic E-state index is 10.6. The average Bonchev–Trinajstić information content (AvgIpc) is 2.37. The monoisotopic (exact) mass is 274 g/mol. The predicted octanol–water partition coefficient (Wildman–Crippen LogP) is 3.50. The van der Waals surface area contributed by atoms with Crippen molar-refractivity contribution in [2.24, 2.45) is 35.0 Å². The van der Waals surface area contributed by atoms with E-state index >= 15 is 0 Å². The van der Waals surface area contributed by atoms with Crippen LogP contribution >= 0.6 is 0 Å². The third-order valence-corrected chi connectivity index (χ3v) is 6.04. The molecule has 0 bridgehead atoms. The van der Waals surface area contributed by atoms with Crippen molar-refractivity contribution in [1.29, 1.82) is 10.5 Å². The molecule has 2 fully saturated rings. The van der Waals surface area contributed by atoms with Crippen LogP contribution in [0.25, 0.3) is 0 Å². The van der Waals surface area contributed by atoms with E-state index < -0.39 is 5.60 Å². The van der Waals surface area contributed by atoms with Gasteiger partial charge in [-0.15, -0.1) is 0 Å². The van der Waals surface area contributed by atoms with E-state index in [1.807, 2.05) is 0 Å². The zero-order valence-electron chi connectivity index (χ0n) is 13.1. The Labute approximate surface area is 122 Å². The average molecular weight is 274 g/mol. The first kappa shape index (κ1) is 15.3. The van der Waals surface area contributed by atoms with E-state index in [0.717, 1.165) is 19.3 Å². The van der Waals surface area contributed by atoms with Gasteiger partial charge in [0.25, 0.3) is 0 Å². The van der Waals surface area contributed by atoms with Crippen molar-refractivity contribution in [3.05, 3.63) is 0 Å². The Morgan fingerprint density at radius 1 is 1.15 bits per heavy atom. The zero-order chi connectivity index (χ0) is 15.1. The molecule has 2 aliphatic carbocycles. The smallest absolute Gasteiger partial charge is 0.0782 e. The van der Waals surface area contributed by atoms with E-state index in [-0.39, 0.29) is 23.2 Å². The second-order valence-corrected chi connectivity index (χ2v) is 7.66. The van der Waals surface area contributed by atoms with E-state index in [1.54, 1.807) is 6.92 Å². The standard InChI is InChI=1S/C17H26N2O/c1-11(2)12-5-7-16(3,10-19)13-6-8-17(4,20)14(9-18)15(12)13/h11-15,20H,5-8H2,1-4H3/t12-,13+,14-,15-,16-,17-/m1/s1. The molecule has 3 heteroatoms. The molecule has 2 aliphatic rings. The van der Waals surface area contributed by atoms with Crippen LogP contribution in [0.3, 0.4) is 0 Å². The molecule has 0 aromatic heterocycles. The van der Waals surface area contributed by atoms with Crippen molar-refractivity contribution in [1.82, 2.24) is 0 Å². The fraction of sp³-hybridized carbons (Fsp3) is 0.882. The van der Waals surface area contributed by atoms with Crippen LogP contribution < -0.4 is 0 Å². The van der Waals surface area contributed by atoms with Gasteiger partial charge in [0.2, 0.25) is 0 Å². The topological polar surface area (TPSA) is 67.8 Å². The van der Waals surface area contributed by atoms with Gasteiger partial charge in [-0.2, -0.15) is 10.5 Å². The van der Waals surface area contributed by atoms with Gasteiger partial charge in [0.15, 0.2) is 0 Å². The summed E-state index contributed by atoms with van der Waals surface area (Å²) in [6, 6.07) is 4.90. The first-order valence-electron chi connectivity index (χ1n) is 7.80. The highest BCUT2D eigenvalue weighted by Gasteiger charge is 2.56. The lowest BCUT2D eigenvalue weighted by atomic mass is 9.48. The van der Waals surface area contributed by atoms with E-state index in [1.165, 1.54) is 0 Å². The molecule has 0 saturated heterocycles. The summed E-state index contributed by atoms with van der Waals surface area (Å²) in [6.45, 7) is 8.26. The van der Waals surface area contributed by atoms with Gasteiger partial charge in [-0.25, -0.2) is 0 Å². The fourth-order valence-electron chi connectivity index (χ4n) is 4.72. The predicted molar refractivity (Wildman–Crippen MR) is 77.2 cm³/mol. The molecule has 110 valence electrons. The summed E-state index contributed by atoms with van der Waals surface area (Å²) in [5.74, 6) is 0.996. The van der Waals surface area contributed by atoms with Crippen LogP contribution in [0.5, 0.6) is 0 Å². The second kappa shape index (κ2) is 5.05. The van der Waals surface area contributed by atoms with Gasteiger partial charge in [0.05, 0.1) is 29.1 Å². The molecule has 0 heterocycles. The Balaban J connectivity index is 2.45. The van der Waals surface area contributed by atoms with Gasteiger partial charge in [-0.1, -0.05) is 13.8 Å². The van der Waals surface area contributed by atoms with Crippen LogP contribution in [-0.2, 0) is 0 Å². The lowest BCUT2D eigenvalue weighted by molar-refractivity contribution is -0.117. The third-order valence-electron chi connectivity index (χ3n) is 6.04. The molecule has 0 amide bonds. The van der Waals surface area contributed by atoms with Crippen molar-refractivity contribution in [3.63, 3.8) is 0 Å². The number of nitrogens with zero attached hydrogens (tertiary/aromatic N) is 2. The van der Waals surface area contributed by atoms with Crippen LogP contribution in [-0.4, -0.2) is 10.7 Å². The molecule has 6 atom stereocenters. The van der Waals surface area contributed by atoms with Crippen LogP contribution in [0, 0.1) is 57.7 Å². The minimum absolute atomic E-state index is 0.155. The van der Waals surface area contributed by atoms with E-state index in [2.05, 4.69) is 32.9 Å². The number of fused-ring (bicyclic) bond motifs is 1. The lowest BCUT2D eigenvalue weighted by Gasteiger charge is -2.55. The molecular formula is C17H26N2O. The molecule has 20 heavy (non-hydrogen) atoms. The summed E-state index contributed by atoms with van der Waals surface area (Å²) in [5, 5.41) is 29.8. The number of aliphatic hydroxyl groups is 1. The molecule has 0 aliphatic heterocycles. The normalized spacial score (nSPS) is 48.2. The van der Waals surface area contributed by atoms with Crippen LogP contribution in [0.4, 0.5) is 0 Å². The van der Waals surface area contributed by atoms with Crippen LogP contribution in [0.2, 0.25) is 0 Å². The maximum atomic E-state index is 10.6. The molecule has 0 aromatic rings. The zero-order valence-corrected chi connectivity index (χ0v) is 13.1. The maximum Gasteiger partial charge on any atom is 0.0782 e. The quantitative estimate of drug-likeness (QED) is 0.795. The molecule has 0 unspecified atom stereocenters. The van der Waals surface area contributed by atoms with Crippen LogP contribution in [0.1, 0.15) is 53.4 Å².